The highest BCUT2D eigenvalue weighted by atomic mass is 32.2. The van der Waals surface area contributed by atoms with Gasteiger partial charge in [0.25, 0.3) is 0 Å². The summed E-state index contributed by atoms with van der Waals surface area (Å²) in [6.45, 7) is 9.22. The van der Waals surface area contributed by atoms with Gasteiger partial charge in [0.05, 0.1) is 11.5 Å². The van der Waals surface area contributed by atoms with E-state index in [-0.39, 0.29) is 17.9 Å². The zero-order chi connectivity index (χ0) is 16.5. The zero-order valence-corrected chi connectivity index (χ0v) is 15.7. The first-order valence-electron chi connectivity index (χ1n) is 7.12. The van der Waals surface area contributed by atoms with Gasteiger partial charge >= 0.3 is 0 Å². The van der Waals surface area contributed by atoms with Crippen LogP contribution in [0.4, 0.5) is 0 Å². The molecule has 0 aromatic carbocycles. The van der Waals surface area contributed by atoms with Crippen molar-refractivity contribution in [3.05, 3.63) is 0 Å². The minimum atomic E-state index is -0.0129. The number of nitrogens with one attached hydrogen (secondary N) is 1. The van der Waals surface area contributed by atoms with E-state index in [1.807, 2.05) is 27.7 Å². The summed E-state index contributed by atoms with van der Waals surface area (Å²) in [4.78, 5) is 25.3. The van der Waals surface area contributed by atoms with E-state index in [1.165, 1.54) is 34.9 Å². The van der Waals surface area contributed by atoms with Crippen LogP contribution in [0.15, 0.2) is 8.68 Å². The van der Waals surface area contributed by atoms with Crippen LogP contribution >= 0.6 is 34.9 Å². The SMILES string of the molecule is CCN(CC)C(=O)CSc1nnc(SCC(=O)NC(C)C)s1. The van der Waals surface area contributed by atoms with Gasteiger partial charge in [0.2, 0.25) is 11.8 Å². The summed E-state index contributed by atoms with van der Waals surface area (Å²) >= 11 is 4.17. The van der Waals surface area contributed by atoms with Crippen LogP contribution in [0.5, 0.6) is 0 Å². The molecule has 0 radical (unpaired) electrons. The summed E-state index contributed by atoms with van der Waals surface area (Å²) < 4.78 is 1.50. The average Bonchev–Trinajstić information content (AvgIpc) is 2.91. The molecular weight excluding hydrogens is 340 g/mol. The molecule has 0 atom stereocenters. The van der Waals surface area contributed by atoms with Gasteiger partial charge in [0, 0.05) is 19.1 Å². The number of carbonyl (C=O) groups excluding carboxylic acids is 2. The molecule has 1 rings (SSSR count). The molecular formula is C13H22N4O2S3. The molecule has 0 fully saturated rings. The fourth-order valence-corrected chi connectivity index (χ4v) is 4.33. The van der Waals surface area contributed by atoms with E-state index in [2.05, 4.69) is 15.5 Å². The Morgan fingerprint density at radius 2 is 1.68 bits per heavy atom. The third-order valence-corrected chi connectivity index (χ3v) is 5.77. The van der Waals surface area contributed by atoms with Crippen molar-refractivity contribution in [1.29, 1.82) is 0 Å². The second-order valence-corrected chi connectivity index (χ2v) is 8.12. The van der Waals surface area contributed by atoms with Crippen molar-refractivity contribution < 1.29 is 9.59 Å². The molecule has 0 aliphatic rings. The minimum Gasteiger partial charge on any atom is -0.353 e. The van der Waals surface area contributed by atoms with Crippen molar-refractivity contribution in [2.24, 2.45) is 0 Å². The maximum atomic E-state index is 11.9. The Balaban J connectivity index is 2.38. The number of hydrogen-bond donors (Lipinski definition) is 1. The highest BCUT2D eigenvalue weighted by molar-refractivity contribution is 8.03. The van der Waals surface area contributed by atoms with Crippen molar-refractivity contribution >= 4 is 46.7 Å². The molecule has 1 aromatic rings. The number of rotatable bonds is 9. The van der Waals surface area contributed by atoms with Crippen LogP contribution < -0.4 is 5.32 Å². The smallest absolute Gasteiger partial charge is 0.233 e. The Kier molecular flexibility index (Phi) is 8.81. The van der Waals surface area contributed by atoms with Gasteiger partial charge in [-0.05, 0) is 27.7 Å². The second kappa shape index (κ2) is 10.1. The molecule has 2 amide bonds. The molecule has 0 unspecified atom stereocenters. The van der Waals surface area contributed by atoms with Gasteiger partial charge in [-0.25, -0.2) is 0 Å². The third-order valence-electron chi connectivity index (χ3n) is 2.60. The van der Waals surface area contributed by atoms with Crippen LogP contribution in [0, 0.1) is 0 Å². The van der Waals surface area contributed by atoms with Crippen LogP contribution in [0.1, 0.15) is 27.7 Å². The Labute approximate surface area is 143 Å². The van der Waals surface area contributed by atoms with Crippen LogP contribution in [-0.2, 0) is 9.59 Å². The van der Waals surface area contributed by atoms with E-state index >= 15 is 0 Å². The van der Waals surface area contributed by atoms with Crippen molar-refractivity contribution in [2.75, 3.05) is 24.6 Å². The topological polar surface area (TPSA) is 75.2 Å². The zero-order valence-electron chi connectivity index (χ0n) is 13.3. The summed E-state index contributed by atoms with van der Waals surface area (Å²) in [5, 5.41) is 10.9. The first kappa shape index (κ1) is 19.2. The number of carbonyl (C=O) groups is 2. The second-order valence-electron chi connectivity index (χ2n) is 4.70. The van der Waals surface area contributed by atoms with Crippen molar-refractivity contribution in [3.63, 3.8) is 0 Å². The fraction of sp³-hybridized carbons (Fsp3) is 0.692. The van der Waals surface area contributed by atoms with Gasteiger partial charge in [0.15, 0.2) is 8.68 Å². The number of aromatic nitrogens is 2. The largest absolute Gasteiger partial charge is 0.353 e. The lowest BCUT2D eigenvalue weighted by Gasteiger charge is -2.17. The molecule has 0 saturated heterocycles. The first-order chi connectivity index (χ1) is 10.5. The highest BCUT2D eigenvalue weighted by Crippen LogP contribution is 2.28. The molecule has 1 aromatic heterocycles. The third kappa shape index (κ3) is 6.97. The fourth-order valence-electron chi connectivity index (χ4n) is 1.60. The molecule has 9 heteroatoms. The van der Waals surface area contributed by atoms with Crippen LogP contribution in [0.2, 0.25) is 0 Å². The normalized spacial score (nSPS) is 10.8. The molecule has 0 bridgehead atoms. The van der Waals surface area contributed by atoms with E-state index in [0.717, 1.165) is 21.8 Å². The summed E-state index contributed by atoms with van der Waals surface area (Å²) in [5.41, 5.74) is 0. The maximum absolute atomic E-state index is 11.9. The predicted molar refractivity (Wildman–Crippen MR) is 92.6 cm³/mol. The number of thioether (sulfide) groups is 2. The molecule has 0 saturated carbocycles. The first-order valence-corrected chi connectivity index (χ1v) is 9.91. The summed E-state index contributed by atoms with van der Waals surface area (Å²) in [7, 11) is 0. The lowest BCUT2D eigenvalue weighted by molar-refractivity contribution is -0.128. The standard InChI is InChI=1S/C13H22N4O2S3/c1-5-17(6-2)11(19)8-21-13-16-15-12(22-13)20-7-10(18)14-9(3)4/h9H,5-8H2,1-4H3,(H,14,18). The molecule has 22 heavy (non-hydrogen) atoms. The van der Waals surface area contributed by atoms with Crippen molar-refractivity contribution in [2.45, 2.75) is 42.4 Å². The lowest BCUT2D eigenvalue weighted by Crippen LogP contribution is -2.31. The molecule has 0 spiro atoms. The minimum absolute atomic E-state index is 0.0129. The number of hydrogen-bond acceptors (Lipinski definition) is 7. The van der Waals surface area contributed by atoms with Gasteiger partial charge in [0.1, 0.15) is 0 Å². The van der Waals surface area contributed by atoms with Gasteiger partial charge < -0.3 is 10.2 Å². The lowest BCUT2D eigenvalue weighted by atomic mass is 10.4. The Morgan fingerprint density at radius 1 is 1.14 bits per heavy atom. The van der Waals surface area contributed by atoms with Crippen molar-refractivity contribution in [3.8, 4) is 0 Å². The van der Waals surface area contributed by atoms with Crippen LogP contribution in [-0.4, -0.2) is 57.5 Å². The number of nitrogens with zero attached hydrogens (tertiary/aromatic N) is 3. The van der Waals surface area contributed by atoms with Gasteiger partial charge in [-0.2, -0.15) is 0 Å². The monoisotopic (exact) mass is 362 g/mol. The molecule has 1 heterocycles. The Morgan fingerprint density at radius 3 is 2.18 bits per heavy atom. The van der Waals surface area contributed by atoms with E-state index in [1.54, 1.807) is 4.90 Å². The maximum Gasteiger partial charge on any atom is 0.233 e. The molecule has 1 N–H and O–H groups in total. The van der Waals surface area contributed by atoms with E-state index in [4.69, 9.17) is 0 Å². The molecule has 124 valence electrons. The summed E-state index contributed by atoms with van der Waals surface area (Å²) in [6, 6.07) is 0.139. The molecule has 6 nitrogen and oxygen atoms in total. The van der Waals surface area contributed by atoms with E-state index < -0.39 is 0 Å². The molecule has 0 aliphatic heterocycles. The van der Waals surface area contributed by atoms with Crippen LogP contribution in [0.3, 0.4) is 0 Å². The molecule has 0 aliphatic carbocycles. The van der Waals surface area contributed by atoms with E-state index in [0.29, 0.717) is 11.5 Å². The predicted octanol–water partition coefficient (Wildman–Crippen LogP) is 2.12. The van der Waals surface area contributed by atoms with Crippen LogP contribution in [0.25, 0.3) is 0 Å². The van der Waals surface area contributed by atoms with Gasteiger partial charge in [-0.1, -0.05) is 34.9 Å². The summed E-state index contributed by atoms with van der Waals surface area (Å²) in [5.74, 6) is 0.793. The average molecular weight is 363 g/mol. The van der Waals surface area contributed by atoms with Gasteiger partial charge in [-0.15, -0.1) is 10.2 Å². The number of amides is 2. The highest BCUT2D eigenvalue weighted by Gasteiger charge is 2.13. The van der Waals surface area contributed by atoms with Crippen molar-refractivity contribution in [1.82, 2.24) is 20.4 Å². The van der Waals surface area contributed by atoms with Gasteiger partial charge in [-0.3, -0.25) is 9.59 Å². The Bertz CT molecular complexity index is 489. The summed E-state index contributed by atoms with van der Waals surface area (Å²) in [6.07, 6.45) is 0. The quantitative estimate of drug-likeness (QED) is 0.678. The Hall–Kier alpha value is -0.800. The van der Waals surface area contributed by atoms with E-state index in [9.17, 15) is 9.59 Å².